The molecule has 2 heterocycles. The monoisotopic (exact) mass is 407 g/mol. The number of hydrogen-bond donors (Lipinski definition) is 1. The van der Waals surface area contributed by atoms with E-state index in [-0.39, 0.29) is 28.1 Å². The third-order valence-corrected chi connectivity index (χ3v) is 5.45. The number of amides is 1. The molecule has 0 bridgehead atoms. The van der Waals surface area contributed by atoms with Crippen LogP contribution in [0.1, 0.15) is 32.9 Å². The van der Waals surface area contributed by atoms with Gasteiger partial charge in [0.1, 0.15) is 4.88 Å². The third-order valence-electron chi connectivity index (χ3n) is 4.41. The van der Waals surface area contributed by atoms with Crippen LogP contribution in [-0.2, 0) is 9.53 Å². The number of carbonyl (C=O) groups is 3. The summed E-state index contributed by atoms with van der Waals surface area (Å²) in [6.45, 7) is 1.23. The molecule has 3 rings (SSSR count). The molecule has 2 N–H and O–H groups in total. The highest BCUT2D eigenvalue weighted by Gasteiger charge is 2.27. The van der Waals surface area contributed by atoms with E-state index in [1.807, 2.05) is 4.90 Å². The van der Waals surface area contributed by atoms with E-state index in [2.05, 4.69) is 4.98 Å². The van der Waals surface area contributed by atoms with E-state index in [1.54, 1.807) is 0 Å². The van der Waals surface area contributed by atoms with Crippen molar-refractivity contribution in [3.63, 3.8) is 0 Å². The van der Waals surface area contributed by atoms with Crippen LogP contribution in [0.2, 0.25) is 0 Å². The lowest BCUT2D eigenvalue weighted by atomic mass is 9.97. The Morgan fingerprint density at radius 3 is 2.61 bits per heavy atom. The summed E-state index contributed by atoms with van der Waals surface area (Å²) in [5, 5.41) is 0.625. The van der Waals surface area contributed by atoms with Crippen molar-refractivity contribution in [2.75, 3.05) is 25.1 Å². The number of anilines is 1. The van der Waals surface area contributed by atoms with Crippen molar-refractivity contribution >= 4 is 34.3 Å². The van der Waals surface area contributed by atoms with Gasteiger partial charge < -0.3 is 20.1 Å². The van der Waals surface area contributed by atoms with E-state index in [0.717, 1.165) is 17.4 Å². The molecule has 1 aliphatic rings. The van der Waals surface area contributed by atoms with E-state index in [1.165, 1.54) is 25.4 Å². The minimum absolute atomic E-state index is 0.0206. The number of methoxy groups -OCH3 is 1. The summed E-state index contributed by atoms with van der Waals surface area (Å²) >= 11 is 1.12. The molecule has 28 heavy (non-hydrogen) atoms. The summed E-state index contributed by atoms with van der Waals surface area (Å²) in [4.78, 5) is 41.3. The lowest BCUT2D eigenvalue weighted by molar-refractivity contribution is -0.146. The molecule has 0 radical (unpaired) electrons. The predicted octanol–water partition coefficient (Wildman–Crippen LogP) is 1.99. The van der Waals surface area contributed by atoms with Crippen LogP contribution in [0.5, 0.6) is 5.75 Å². The fraction of sp³-hybridized carbons (Fsp3) is 0.333. The standard InChI is InChI=1S/C18H18FN3O5S/c1-26-16(24)10-4-6-22(7-5-10)18-21-9-14(28-18)17(25)27-13-3-2-11(15(20)23)8-12(13)19/h2-3,8-10H,4-7H2,1H3,(H2,20,23). The molecular weight excluding hydrogens is 389 g/mol. The quantitative estimate of drug-likeness (QED) is 0.596. The molecular formula is C18H18FN3O5S. The first-order chi connectivity index (χ1) is 13.4. The number of carbonyl (C=O) groups excluding carboxylic acids is 3. The molecule has 0 unspecified atom stereocenters. The zero-order valence-electron chi connectivity index (χ0n) is 15.0. The summed E-state index contributed by atoms with van der Waals surface area (Å²) in [5.74, 6) is -3.04. The van der Waals surface area contributed by atoms with Gasteiger partial charge in [0, 0.05) is 18.7 Å². The number of nitrogens with two attached hydrogens (primary N) is 1. The highest BCUT2D eigenvalue weighted by molar-refractivity contribution is 7.17. The number of halogens is 1. The average molecular weight is 407 g/mol. The fourth-order valence-electron chi connectivity index (χ4n) is 2.87. The van der Waals surface area contributed by atoms with Crippen LogP contribution in [0.3, 0.4) is 0 Å². The summed E-state index contributed by atoms with van der Waals surface area (Å²) in [6, 6.07) is 3.36. The molecule has 1 amide bonds. The van der Waals surface area contributed by atoms with Crippen LogP contribution < -0.4 is 15.4 Å². The van der Waals surface area contributed by atoms with Gasteiger partial charge in [0.05, 0.1) is 19.2 Å². The maximum atomic E-state index is 14.0. The molecule has 1 fully saturated rings. The maximum Gasteiger partial charge on any atom is 0.355 e. The highest BCUT2D eigenvalue weighted by Crippen LogP contribution is 2.29. The number of rotatable bonds is 5. The van der Waals surface area contributed by atoms with Crippen molar-refractivity contribution in [1.29, 1.82) is 0 Å². The molecule has 1 aromatic heterocycles. The minimum Gasteiger partial charge on any atom is -0.469 e. The van der Waals surface area contributed by atoms with E-state index >= 15 is 0 Å². The lowest BCUT2D eigenvalue weighted by Crippen LogP contribution is -2.36. The molecule has 1 aliphatic heterocycles. The van der Waals surface area contributed by atoms with Gasteiger partial charge in [0.15, 0.2) is 16.7 Å². The fourth-order valence-corrected chi connectivity index (χ4v) is 3.71. The first-order valence-corrected chi connectivity index (χ1v) is 9.31. The van der Waals surface area contributed by atoms with Gasteiger partial charge in [-0.3, -0.25) is 9.59 Å². The Labute approximate surface area is 164 Å². The number of piperidine rings is 1. The second-order valence-electron chi connectivity index (χ2n) is 6.19. The number of ether oxygens (including phenoxy) is 2. The lowest BCUT2D eigenvalue weighted by Gasteiger charge is -2.30. The number of aromatic nitrogens is 1. The Morgan fingerprint density at radius 2 is 2.00 bits per heavy atom. The highest BCUT2D eigenvalue weighted by atomic mass is 32.1. The van der Waals surface area contributed by atoms with Crippen molar-refractivity contribution in [1.82, 2.24) is 4.98 Å². The van der Waals surface area contributed by atoms with Crippen molar-refractivity contribution in [3.05, 3.63) is 40.7 Å². The normalized spacial score (nSPS) is 14.6. The molecule has 0 saturated carbocycles. The first kappa shape index (κ1) is 19.7. The second kappa shape index (κ2) is 8.34. The van der Waals surface area contributed by atoms with Gasteiger partial charge in [-0.15, -0.1) is 0 Å². The Morgan fingerprint density at radius 1 is 1.29 bits per heavy atom. The van der Waals surface area contributed by atoms with Crippen molar-refractivity contribution in [3.8, 4) is 5.75 Å². The smallest absolute Gasteiger partial charge is 0.355 e. The summed E-state index contributed by atoms with van der Waals surface area (Å²) in [5.41, 5.74) is 5.06. The van der Waals surface area contributed by atoms with Crippen molar-refractivity contribution in [2.45, 2.75) is 12.8 Å². The zero-order valence-corrected chi connectivity index (χ0v) is 15.8. The molecule has 0 atom stereocenters. The molecule has 10 heteroatoms. The summed E-state index contributed by atoms with van der Waals surface area (Å²) in [7, 11) is 1.37. The maximum absolute atomic E-state index is 14.0. The van der Waals surface area contributed by atoms with E-state index in [9.17, 15) is 18.8 Å². The van der Waals surface area contributed by atoms with E-state index in [0.29, 0.717) is 31.1 Å². The van der Waals surface area contributed by atoms with Crippen molar-refractivity contribution in [2.24, 2.45) is 11.7 Å². The molecule has 148 valence electrons. The Kier molecular flexibility index (Phi) is 5.88. The third kappa shape index (κ3) is 4.28. The first-order valence-electron chi connectivity index (χ1n) is 8.49. The molecule has 2 aromatic rings. The number of nitrogens with zero attached hydrogens (tertiary/aromatic N) is 2. The summed E-state index contributed by atoms with van der Waals surface area (Å²) < 4.78 is 23.8. The van der Waals surface area contributed by atoms with Gasteiger partial charge >= 0.3 is 11.9 Å². The number of esters is 2. The van der Waals surface area contributed by atoms with Gasteiger partial charge in [-0.05, 0) is 31.0 Å². The van der Waals surface area contributed by atoms with Gasteiger partial charge in [0.2, 0.25) is 5.91 Å². The minimum atomic E-state index is -0.862. The largest absolute Gasteiger partial charge is 0.469 e. The van der Waals surface area contributed by atoms with Crippen LogP contribution in [0.25, 0.3) is 0 Å². The van der Waals surface area contributed by atoms with Crippen LogP contribution in [0, 0.1) is 11.7 Å². The van der Waals surface area contributed by atoms with Gasteiger partial charge in [-0.25, -0.2) is 14.2 Å². The van der Waals surface area contributed by atoms with Gasteiger partial charge in [-0.2, -0.15) is 0 Å². The predicted molar refractivity (Wildman–Crippen MR) is 98.9 cm³/mol. The Hall–Kier alpha value is -3.01. The molecule has 0 spiro atoms. The van der Waals surface area contributed by atoms with E-state index < -0.39 is 17.7 Å². The van der Waals surface area contributed by atoms with Crippen LogP contribution in [0.4, 0.5) is 9.52 Å². The summed E-state index contributed by atoms with van der Waals surface area (Å²) in [6.07, 6.45) is 2.65. The average Bonchev–Trinajstić information content (AvgIpc) is 3.19. The van der Waals surface area contributed by atoms with Crippen LogP contribution in [-0.4, -0.2) is 43.0 Å². The number of hydrogen-bond acceptors (Lipinski definition) is 8. The second-order valence-corrected chi connectivity index (χ2v) is 7.20. The molecule has 0 aliphatic carbocycles. The van der Waals surface area contributed by atoms with Crippen LogP contribution >= 0.6 is 11.3 Å². The Bertz CT molecular complexity index is 908. The van der Waals surface area contributed by atoms with Crippen LogP contribution in [0.15, 0.2) is 24.4 Å². The number of thiazole rings is 1. The zero-order chi connectivity index (χ0) is 20.3. The number of benzene rings is 1. The van der Waals surface area contributed by atoms with Crippen molar-refractivity contribution < 1.29 is 28.2 Å². The SMILES string of the molecule is COC(=O)C1CCN(c2ncc(C(=O)Oc3ccc(C(N)=O)cc3F)s2)CC1. The molecule has 8 nitrogen and oxygen atoms in total. The number of primary amides is 1. The Balaban J connectivity index is 1.63. The van der Waals surface area contributed by atoms with Gasteiger partial charge in [0.25, 0.3) is 0 Å². The molecule has 1 saturated heterocycles. The topological polar surface area (TPSA) is 112 Å². The molecule has 1 aromatic carbocycles. The van der Waals surface area contributed by atoms with E-state index in [4.69, 9.17) is 15.2 Å². The van der Waals surface area contributed by atoms with Gasteiger partial charge in [-0.1, -0.05) is 11.3 Å².